The van der Waals surface area contributed by atoms with Crippen molar-refractivity contribution in [2.45, 2.75) is 95.0 Å². The fraction of sp³-hybridized carbons (Fsp3) is 1.00. The first-order chi connectivity index (χ1) is 19.8. The van der Waals surface area contributed by atoms with Gasteiger partial charge >= 0.3 is 31.3 Å². The van der Waals surface area contributed by atoms with Crippen LogP contribution in [0.2, 0.25) is 0 Å². The Labute approximate surface area is 248 Å². The van der Waals surface area contributed by atoms with Gasteiger partial charge in [-0.1, -0.05) is 0 Å². The summed E-state index contributed by atoms with van der Waals surface area (Å²) < 4.78 is 105. The molecule has 3 aliphatic heterocycles. The van der Waals surface area contributed by atoms with Crippen molar-refractivity contribution >= 4 is 31.3 Å². The minimum absolute atomic E-state index is 0.108. The van der Waals surface area contributed by atoms with Gasteiger partial charge in [-0.3, -0.25) is 36.2 Å². The van der Waals surface area contributed by atoms with E-state index >= 15 is 0 Å². The maximum absolute atomic E-state index is 12.7. The van der Waals surface area contributed by atoms with Crippen LogP contribution in [0, 0.1) is 0 Å². The van der Waals surface area contributed by atoms with Gasteiger partial charge < -0.3 is 33.8 Å². The second-order valence-corrected chi connectivity index (χ2v) is 16.1. The first kappa shape index (κ1) is 37.8. The molecule has 3 rings (SSSR count). The fourth-order valence-corrected chi connectivity index (χ4v) is 7.72. The molecule has 3 saturated heterocycles. The van der Waals surface area contributed by atoms with E-state index < -0.39 is 106 Å². The molecule has 0 amide bonds. The normalized spacial score (nSPS) is 38.8. The maximum atomic E-state index is 12.7. The molecule has 0 spiro atoms. The molecule has 0 aromatic rings. The van der Waals surface area contributed by atoms with E-state index in [2.05, 4.69) is 9.05 Å². The average Bonchev–Trinajstić information content (AvgIpc) is 3.54. The third-order valence-corrected chi connectivity index (χ3v) is 10.6. The molecule has 23 heteroatoms. The van der Waals surface area contributed by atoms with Gasteiger partial charge in [0.1, 0.15) is 36.6 Å². The number of rotatable bonds is 17. The minimum atomic E-state index is -4.77. The monoisotopic (exact) mass is 708 g/mol. The molecular formula is C20H40O19P4. The Bertz CT molecular complexity index is 1110. The second kappa shape index (κ2) is 15.5. The van der Waals surface area contributed by atoms with Gasteiger partial charge in [0.25, 0.3) is 0 Å². The van der Waals surface area contributed by atoms with Crippen molar-refractivity contribution in [2.24, 2.45) is 0 Å². The van der Waals surface area contributed by atoms with Crippen LogP contribution < -0.4 is 0 Å². The molecule has 0 bridgehead atoms. The van der Waals surface area contributed by atoms with Crippen molar-refractivity contribution in [1.82, 2.24) is 0 Å². The van der Waals surface area contributed by atoms with Gasteiger partial charge in [0.2, 0.25) is 0 Å². The Morgan fingerprint density at radius 3 is 1.12 bits per heavy atom. The van der Waals surface area contributed by atoms with E-state index in [0.29, 0.717) is 0 Å². The summed E-state index contributed by atoms with van der Waals surface area (Å²) in [6, 6.07) is 0. The highest BCUT2D eigenvalue weighted by atomic mass is 31.2. The minimum Gasteiger partial charge on any atom is -0.370 e. The summed E-state index contributed by atoms with van der Waals surface area (Å²) in [5.74, 6) is 0. The number of ether oxygens (including phenoxy) is 3. The molecule has 0 aromatic heterocycles. The number of hydrogen-bond acceptors (Lipinski definition) is 15. The van der Waals surface area contributed by atoms with Crippen LogP contribution in [0.3, 0.4) is 0 Å². The molecular weight excluding hydrogens is 668 g/mol. The quantitative estimate of drug-likeness (QED) is 0.158. The highest BCUT2D eigenvalue weighted by Crippen LogP contribution is 2.52. The Hall–Kier alpha value is 0.320. The SMILES string of the molecule is COP(=O)(O)OCC1OC(C)CC1OP(=O)(O)OCC1OC(C)CC1OP(=O)(O)OCC1OC(C)CC1OP(=O)(O)OC. The molecule has 13 atom stereocenters. The molecule has 43 heavy (non-hydrogen) atoms. The van der Waals surface area contributed by atoms with Gasteiger partial charge in [-0.05, 0) is 20.8 Å². The predicted octanol–water partition coefficient (Wildman–Crippen LogP) is 2.42. The molecule has 0 aliphatic carbocycles. The van der Waals surface area contributed by atoms with Gasteiger partial charge in [-0.25, -0.2) is 18.3 Å². The van der Waals surface area contributed by atoms with Crippen molar-refractivity contribution in [2.75, 3.05) is 34.0 Å². The summed E-state index contributed by atoms with van der Waals surface area (Å²) in [5, 5.41) is 0. The van der Waals surface area contributed by atoms with E-state index in [1.807, 2.05) is 0 Å². The summed E-state index contributed by atoms with van der Waals surface area (Å²) in [6.45, 7) is 3.41. The fourth-order valence-electron chi connectivity index (χ4n) is 4.71. The van der Waals surface area contributed by atoms with Gasteiger partial charge in [0, 0.05) is 33.5 Å². The first-order valence-corrected chi connectivity index (χ1v) is 19.2. The standard InChI is InChI=1S/C20H40O19P4/c1-12-6-15(37-41(23,24)30-5)19(35-12)10-32-42(25,26)39-17-8-14(3)36-20(17)11-33-43(27,28)38-16-7-13(2)34-18(16)9-31-40(21,22)29-4/h12-20H,6-11H2,1-5H3,(H,21,22)(H,23,24)(H,25,26)(H,27,28). The van der Waals surface area contributed by atoms with Crippen LogP contribution in [-0.4, -0.2) is 109 Å². The third kappa shape index (κ3) is 12.1. The zero-order chi connectivity index (χ0) is 32.2. The number of hydrogen-bond donors (Lipinski definition) is 4. The van der Waals surface area contributed by atoms with Crippen LogP contribution in [0.4, 0.5) is 0 Å². The van der Waals surface area contributed by atoms with Crippen LogP contribution in [0.5, 0.6) is 0 Å². The van der Waals surface area contributed by atoms with Crippen molar-refractivity contribution < 1.29 is 88.2 Å². The number of phosphoric ester groups is 4. The predicted molar refractivity (Wildman–Crippen MR) is 143 cm³/mol. The van der Waals surface area contributed by atoms with Crippen LogP contribution >= 0.6 is 31.3 Å². The average molecular weight is 708 g/mol. The lowest BCUT2D eigenvalue weighted by molar-refractivity contribution is -0.0408. The molecule has 0 aromatic carbocycles. The molecule has 19 nitrogen and oxygen atoms in total. The Kier molecular flexibility index (Phi) is 13.6. The van der Waals surface area contributed by atoms with E-state index in [0.717, 1.165) is 14.2 Å². The maximum Gasteiger partial charge on any atom is 0.472 e. The van der Waals surface area contributed by atoms with E-state index in [1.165, 1.54) is 0 Å². The molecule has 3 fully saturated rings. The van der Waals surface area contributed by atoms with Gasteiger partial charge in [-0.2, -0.15) is 0 Å². The van der Waals surface area contributed by atoms with Gasteiger partial charge in [0.15, 0.2) is 0 Å². The molecule has 3 aliphatic rings. The number of phosphoric acid groups is 4. The Morgan fingerprint density at radius 2 is 0.814 bits per heavy atom. The summed E-state index contributed by atoms with van der Waals surface area (Å²) in [6.07, 6.45) is -7.02. The van der Waals surface area contributed by atoms with Crippen LogP contribution in [0.25, 0.3) is 0 Å². The van der Waals surface area contributed by atoms with Crippen molar-refractivity contribution in [3.63, 3.8) is 0 Å². The molecule has 4 N–H and O–H groups in total. The smallest absolute Gasteiger partial charge is 0.370 e. The summed E-state index contributed by atoms with van der Waals surface area (Å²) in [4.78, 5) is 39.7. The van der Waals surface area contributed by atoms with E-state index in [9.17, 15) is 37.8 Å². The van der Waals surface area contributed by atoms with E-state index in [-0.39, 0.29) is 19.3 Å². The lowest BCUT2D eigenvalue weighted by Gasteiger charge is -2.25. The lowest BCUT2D eigenvalue weighted by atomic mass is 10.1. The lowest BCUT2D eigenvalue weighted by Crippen LogP contribution is -2.31. The topological polar surface area (TPSA) is 251 Å². The molecule has 13 unspecified atom stereocenters. The molecule has 254 valence electrons. The van der Waals surface area contributed by atoms with Crippen LogP contribution in [-0.2, 0) is 68.7 Å². The first-order valence-electron chi connectivity index (χ1n) is 13.2. The second-order valence-electron chi connectivity index (χ2n) is 10.2. The summed E-state index contributed by atoms with van der Waals surface area (Å²) in [7, 11) is -16.3. The molecule has 0 saturated carbocycles. The summed E-state index contributed by atoms with van der Waals surface area (Å²) in [5.41, 5.74) is 0. The zero-order valence-corrected chi connectivity index (χ0v) is 27.7. The Balaban J connectivity index is 1.53. The highest BCUT2D eigenvalue weighted by Gasteiger charge is 2.45. The van der Waals surface area contributed by atoms with Crippen LogP contribution in [0.1, 0.15) is 40.0 Å². The van der Waals surface area contributed by atoms with Crippen molar-refractivity contribution in [3.05, 3.63) is 0 Å². The molecule has 3 heterocycles. The summed E-state index contributed by atoms with van der Waals surface area (Å²) >= 11 is 0. The molecule has 0 radical (unpaired) electrons. The van der Waals surface area contributed by atoms with Crippen molar-refractivity contribution in [3.8, 4) is 0 Å². The largest absolute Gasteiger partial charge is 0.472 e. The van der Waals surface area contributed by atoms with Crippen LogP contribution in [0.15, 0.2) is 0 Å². The Morgan fingerprint density at radius 1 is 0.535 bits per heavy atom. The van der Waals surface area contributed by atoms with Gasteiger partial charge in [0.05, 0.1) is 38.1 Å². The zero-order valence-electron chi connectivity index (χ0n) is 24.1. The highest BCUT2D eigenvalue weighted by molar-refractivity contribution is 7.48. The third-order valence-electron chi connectivity index (χ3n) is 6.63. The van der Waals surface area contributed by atoms with E-state index in [1.54, 1.807) is 20.8 Å². The van der Waals surface area contributed by atoms with Crippen molar-refractivity contribution in [1.29, 1.82) is 0 Å². The van der Waals surface area contributed by atoms with E-state index in [4.69, 9.17) is 41.4 Å². The van der Waals surface area contributed by atoms with Gasteiger partial charge in [-0.15, -0.1) is 0 Å².